The van der Waals surface area contributed by atoms with Crippen LogP contribution in [0.15, 0.2) is 188 Å². The van der Waals surface area contributed by atoms with Gasteiger partial charge in [-0.25, -0.2) is 15.0 Å². The lowest BCUT2D eigenvalue weighted by atomic mass is 9.91. The predicted octanol–water partition coefficient (Wildman–Crippen LogP) is 13.5. The Morgan fingerprint density at radius 3 is 1.30 bits per heavy atom. The first-order valence-electron chi connectivity index (χ1n) is 18.3. The molecule has 3 heteroatoms. The van der Waals surface area contributed by atoms with Crippen molar-refractivity contribution in [1.29, 1.82) is 0 Å². The van der Waals surface area contributed by atoms with Gasteiger partial charge in [0.25, 0.3) is 0 Å². The smallest absolute Gasteiger partial charge is 0.164 e. The second-order valence-corrected chi connectivity index (χ2v) is 14.0. The summed E-state index contributed by atoms with van der Waals surface area (Å²) < 4.78 is 0. The van der Waals surface area contributed by atoms with Crippen LogP contribution in [0.2, 0.25) is 0 Å². The van der Waals surface area contributed by atoms with Gasteiger partial charge in [0.1, 0.15) is 0 Å². The van der Waals surface area contributed by atoms with Crippen molar-refractivity contribution >= 4 is 64.6 Å². The fraction of sp³-hybridized carbons (Fsp3) is 0. The number of fused-ring (bicyclic) bond motifs is 8. The van der Waals surface area contributed by atoms with E-state index in [0.29, 0.717) is 17.5 Å². The van der Waals surface area contributed by atoms with E-state index in [2.05, 4.69) is 188 Å². The molecular weight excluding hydrogens is 655 g/mol. The summed E-state index contributed by atoms with van der Waals surface area (Å²) in [6, 6.07) is 67.2. The summed E-state index contributed by atoms with van der Waals surface area (Å²) in [7, 11) is 0. The molecule has 0 aliphatic heterocycles. The monoisotopic (exact) mass is 685 g/mol. The molecule has 0 amide bonds. The van der Waals surface area contributed by atoms with Gasteiger partial charge in [0, 0.05) is 16.7 Å². The van der Waals surface area contributed by atoms with Crippen molar-refractivity contribution in [3.63, 3.8) is 0 Å². The highest BCUT2D eigenvalue weighted by Crippen LogP contribution is 2.39. The van der Waals surface area contributed by atoms with Crippen LogP contribution in [0.25, 0.3) is 110 Å². The van der Waals surface area contributed by atoms with E-state index in [1.165, 1.54) is 54.2 Å². The van der Waals surface area contributed by atoms with Crippen LogP contribution >= 0.6 is 0 Å². The molecule has 1 aromatic heterocycles. The van der Waals surface area contributed by atoms with E-state index in [1.807, 2.05) is 0 Å². The second kappa shape index (κ2) is 12.2. The van der Waals surface area contributed by atoms with E-state index in [1.54, 1.807) is 0 Å². The molecule has 0 radical (unpaired) electrons. The molecule has 0 N–H and O–H groups in total. The van der Waals surface area contributed by atoms with E-state index in [4.69, 9.17) is 15.0 Å². The van der Waals surface area contributed by atoms with Crippen LogP contribution in [0.4, 0.5) is 0 Å². The summed E-state index contributed by atoms with van der Waals surface area (Å²) in [6.07, 6.45) is 0. The largest absolute Gasteiger partial charge is 0.208 e. The SMILES string of the molecule is c1ccc2cc(-c3nc(-c4ccc5ccccc5c4)nc(-c4ccc(-c5ccc6ccc7c8ccccc8ccc7c6c5)c5ccccc45)n3)ccc2c1. The maximum Gasteiger partial charge on any atom is 0.164 e. The summed E-state index contributed by atoms with van der Waals surface area (Å²) in [4.78, 5) is 15.5. The molecule has 11 aromatic rings. The Morgan fingerprint density at radius 1 is 0.222 bits per heavy atom. The molecule has 54 heavy (non-hydrogen) atoms. The van der Waals surface area contributed by atoms with Crippen molar-refractivity contribution in [2.24, 2.45) is 0 Å². The Hall–Kier alpha value is -7.23. The van der Waals surface area contributed by atoms with Crippen LogP contribution in [-0.2, 0) is 0 Å². The van der Waals surface area contributed by atoms with Gasteiger partial charge in [0.2, 0.25) is 0 Å². The normalized spacial score (nSPS) is 11.7. The third-order valence-electron chi connectivity index (χ3n) is 10.9. The van der Waals surface area contributed by atoms with Crippen molar-refractivity contribution in [2.75, 3.05) is 0 Å². The fourth-order valence-corrected chi connectivity index (χ4v) is 8.14. The molecule has 3 nitrogen and oxygen atoms in total. The first kappa shape index (κ1) is 30.4. The molecule has 250 valence electrons. The van der Waals surface area contributed by atoms with Crippen molar-refractivity contribution in [3.05, 3.63) is 188 Å². The lowest BCUT2D eigenvalue weighted by molar-refractivity contribution is 1.08. The summed E-state index contributed by atoms with van der Waals surface area (Å²) in [6.45, 7) is 0. The number of hydrogen-bond donors (Lipinski definition) is 0. The molecule has 10 aromatic carbocycles. The standard InChI is InChI=1S/C51H31N3/c1-3-12-36-29-39(21-17-32(36)9-1)49-52-50(40-22-18-33-10-2-4-13-37(33)30-40)54-51(53-49)47-28-27-42(43-15-7-8-16-44(43)47)38-20-19-35-24-25-45-41-14-6-5-11-34(41)23-26-46(45)48(35)31-38/h1-31H. The second-order valence-electron chi connectivity index (χ2n) is 14.0. The van der Waals surface area contributed by atoms with Crippen molar-refractivity contribution in [3.8, 4) is 45.3 Å². The number of benzene rings is 10. The zero-order chi connectivity index (χ0) is 35.6. The Kier molecular flexibility index (Phi) is 6.86. The molecule has 0 saturated heterocycles. The van der Waals surface area contributed by atoms with Gasteiger partial charge in [-0.3, -0.25) is 0 Å². The molecule has 11 rings (SSSR count). The average Bonchev–Trinajstić information content (AvgIpc) is 3.25. The zero-order valence-electron chi connectivity index (χ0n) is 29.2. The Morgan fingerprint density at radius 2 is 0.648 bits per heavy atom. The molecule has 0 aliphatic carbocycles. The molecule has 0 aliphatic rings. The Bertz CT molecular complexity index is 3190. The van der Waals surface area contributed by atoms with Crippen LogP contribution in [0.3, 0.4) is 0 Å². The van der Waals surface area contributed by atoms with Crippen molar-refractivity contribution < 1.29 is 0 Å². The third-order valence-corrected chi connectivity index (χ3v) is 10.9. The molecule has 0 spiro atoms. The summed E-state index contributed by atoms with van der Waals surface area (Å²) in [5.41, 5.74) is 5.23. The van der Waals surface area contributed by atoms with Gasteiger partial charge in [-0.15, -0.1) is 0 Å². The van der Waals surface area contributed by atoms with Gasteiger partial charge in [0.15, 0.2) is 17.5 Å². The van der Waals surface area contributed by atoms with Gasteiger partial charge in [0.05, 0.1) is 0 Å². The molecular formula is C51H31N3. The van der Waals surface area contributed by atoms with Gasteiger partial charge in [-0.2, -0.15) is 0 Å². The topological polar surface area (TPSA) is 38.7 Å². The first-order chi connectivity index (χ1) is 26.7. The molecule has 0 bridgehead atoms. The number of rotatable bonds is 4. The quantitative estimate of drug-likeness (QED) is 0.173. The highest BCUT2D eigenvalue weighted by Gasteiger charge is 2.17. The van der Waals surface area contributed by atoms with Crippen LogP contribution in [0, 0.1) is 0 Å². The highest BCUT2D eigenvalue weighted by molar-refractivity contribution is 6.18. The summed E-state index contributed by atoms with van der Waals surface area (Å²) in [5.74, 6) is 1.95. The number of hydrogen-bond acceptors (Lipinski definition) is 3. The maximum absolute atomic E-state index is 5.20. The zero-order valence-corrected chi connectivity index (χ0v) is 29.2. The molecule has 0 fully saturated rings. The van der Waals surface area contributed by atoms with Crippen molar-refractivity contribution in [2.45, 2.75) is 0 Å². The van der Waals surface area contributed by atoms with Crippen LogP contribution < -0.4 is 0 Å². The lowest BCUT2D eigenvalue weighted by Crippen LogP contribution is -2.01. The molecule has 1 heterocycles. The minimum atomic E-state index is 0.649. The molecule has 0 unspecified atom stereocenters. The number of nitrogens with zero attached hydrogens (tertiary/aromatic N) is 3. The van der Waals surface area contributed by atoms with E-state index in [0.717, 1.165) is 38.2 Å². The van der Waals surface area contributed by atoms with Crippen LogP contribution in [0.5, 0.6) is 0 Å². The molecule has 0 saturated carbocycles. The lowest BCUT2D eigenvalue weighted by Gasteiger charge is -2.14. The Balaban J connectivity index is 1.10. The summed E-state index contributed by atoms with van der Waals surface area (Å²) >= 11 is 0. The first-order valence-corrected chi connectivity index (χ1v) is 18.3. The fourth-order valence-electron chi connectivity index (χ4n) is 8.14. The van der Waals surface area contributed by atoms with Gasteiger partial charge in [-0.05, 0) is 100 Å². The van der Waals surface area contributed by atoms with E-state index in [9.17, 15) is 0 Å². The summed E-state index contributed by atoms with van der Waals surface area (Å²) in [5, 5.41) is 14.5. The van der Waals surface area contributed by atoms with Gasteiger partial charge >= 0.3 is 0 Å². The minimum Gasteiger partial charge on any atom is -0.208 e. The number of aromatic nitrogens is 3. The minimum absolute atomic E-state index is 0.649. The molecule has 0 atom stereocenters. The Labute approximate surface area is 311 Å². The predicted molar refractivity (Wildman–Crippen MR) is 227 cm³/mol. The van der Waals surface area contributed by atoms with Crippen LogP contribution in [-0.4, -0.2) is 15.0 Å². The van der Waals surface area contributed by atoms with Crippen LogP contribution in [0.1, 0.15) is 0 Å². The van der Waals surface area contributed by atoms with E-state index < -0.39 is 0 Å². The maximum atomic E-state index is 5.20. The van der Waals surface area contributed by atoms with Crippen molar-refractivity contribution in [1.82, 2.24) is 15.0 Å². The van der Waals surface area contributed by atoms with Gasteiger partial charge < -0.3 is 0 Å². The third kappa shape index (κ3) is 5.02. The van der Waals surface area contributed by atoms with E-state index in [-0.39, 0.29) is 0 Å². The van der Waals surface area contributed by atoms with Gasteiger partial charge in [-0.1, -0.05) is 164 Å². The van der Waals surface area contributed by atoms with E-state index >= 15 is 0 Å². The highest BCUT2D eigenvalue weighted by atomic mass is 15.0. The average molecular weight is 686 g/mol.